The first-order chi connectivity index (χ1) is 6.64. The number of ether oxygens (including phenoxy) is 1. The van der Waals surface area contributed by atoms with Crippen molar-refractivity contribution in [1.82, 2.24) is 0 Å². The molecular formula is C11H23NO2. The minimum absolute atomic E-state index is 0.0660. The first kappa shape index (κ1) is 12.0. The lowest BCUT2D eigenvalue weighted by Crippen LogP contribution is -2.40. The highest BCUT2D eigenvalue weighted by Crippen LogP contribution is 2.22. The van der Waals surface area contributed by atoms with Gasteiger partial charge in [-0.3, -0.25) is 0 Å². The van der Waals surface area contributed by atoms with Gasteiger partial charge in [0, 0.05) is 12.1 Å². The van der Waals surface area contributed by atoms with E-state index < -0.39 is 5.54 Å². The lowest BCUT2D eigenvalue weighted by molar-refractivity contribution is 0.0000546. The van der Waals surface area contributed by atoms with Crippen LogP contribution in [0.5, 0.6) is 0 Å². The van der Waals surface area contributed by atoms with Gasteiger partial charge >= 0.3 is 0 Å². The molecule has 84 valence electrons. The van der Waals surface area contributed by atoms with E-state index in [0.29, 0.717) is 6.10 Å². The van der Waals surface area contributed by atoms with Crippen molar-refractivity contribution in [3.63, 3.8) is 0 Å². The van der Waals surface area contributed by atoms with Crippen LogP contribution in [0.25, 0.3) is 0 Å². The average Bonchev–Trinajstić information content (AvgIpc) is 2.08. The molecule has 3 heteroatoms. The lowest BCUT2D eigenvalue weighted by Gasteiger charge is -2.26. The Morgan fingerprint density at radius 1 is 1.43 bits per heavy atom. The van der Waals surface area contributed by atoms with E-state index in [9.17, 15) is 0 Å². The molecule has 1 aliphatic rings. The Morgan fingerprint density at radius 3 is 2.64 bits per heavy atom. The maximum atomic E-state index is 8.93. The van der Waals surface area contributed by atoms with Crippen molar-refractivity contribution in [2.24, 2.45) is 5.73 Å². The quantitative estimate of drug-likeness (QED) is 0.613. The maximum absolute atomic E-state index is 8.93. The molecule has 0 heterocycles. The summed E-state index contributed by atoms with van der Waals surface area (Å²) in [5.41, 5.74) is 5.40. The molecular weight excluding hydrogens is 178 g/mol. The molecule has 3 N–H and O–H groups in total. The number of hydrogen-bond donors (Lipinski definition) is 2. The maximum Gasteiger partial charge on any atom is 0.0608 e. The summed E-state index contributed by atoms with van der Waals surface area (Å²) in [6, 6.07) is 0. The number of hydrogen-bond acceptors (Lipinski definition) is 3. The Hall–Kier alpha value is -0.120. The summed E-state index contributed by atoms with van der Waals surface area (Å²) in [4.78, 5) is 0. The van der Waals surface area contributed by atoms with Crippen LogP contribution in [0.15, 0.2) is 0 Å². The van der Waals surface area contributed by atoms with Crippen LogP contribution >= 0.6 is 0 Å². The fourth-order valence-electron chi connectivity index (χ4n) is 1.50. The molecule has 0 radical (unpaired) electrons. The topological polar surface area (TPSA) is 55.5 Å². The summed E-state index contributed by atoms with van der Waals surface area (Å²) >= 11 is 0. The second-order valence-electron chi connectivity index (χ2n) is 4.69. The van der Waals surface area contributed by atoms with Crippen LogP contribution in [0.2, 0.25) is 0 Å². The molecule has 1 saturated carbocycles. The molecule has 1 atom stereocenters. The molecule has 14 heavy (non-hydrogen) atoms. The predicted molar refractivity (Wildman–Crippen MR) is 57.1 cm³/mol. The Morgan fingerprint density at radius 2 is 2.14 bits per heavy atom. The van der Waals surface area contributed by atoms with Crippen molar-refractivity contribution in [2.45, 2.75) is 57.1 Å². The van der Waals surface area contributed by atoms with Crippen molar-refractivity contribution in [3.8, 4) is 0 Å². The summed E-state index contributed by atoms with van der Waals surface area (Å²) in [7, 11) is 0. The van der Waals surface area contributed by atoms with Crippen LogP contribution in [0, 0.1) is 0 Å². The molecule has 3 nitrogen and oxygen atoms in total. The monoisotopic (exact) mass is 201 g/mol. The molecule has 0 saturated heterocycles. The van der Waals surface area contributed by atoms with Crippen LogP contribution in [0.3, 0.4) is 0 Å². The van der Waals surface area contributed by atoms with Gasteiger partial charge < -0.3 is 15.6 Å². The van der Waals surface area contributed by atoms with E-state index in [4.69, 9.17) is 15.6 Å². The van der Waals surface area contributed by atoms with Gasteiger partial charge in [-0.1, -0.05) is 0 Å². The summed E-state index contributed by atoms with van der Waals surface area (Å²) in [5, 5.41) is 8.93. The minimum atomic E-state index is -0.406. The Bertz CT molecular complexity index is 155. The third-order valence-electron chi connectivity index (χ3n) is 2.91. The van der Waals surface area contributed by atoms with Crippen LogP contribution in [0.4, 0.5) is 0 Å². The van der Waals surface area contributed by atoms with Crippen LogP contribution < -0.4 is 5.73 Å². The largest absolute Gasteiger partial charge is 0.394 e. The molecule has 0 amide bonds. The molecule has 0 aromatic rings. The van der Waals surface area contributed by atoms with Crippen LogP contribution in [-0.2, 0) is 4.74 Å². The van der Waals surface area contributed by atoms with Gasteiger partial charge in [0.25, 0.3) is 0 Å². The lowest BCUT2D eigenvalue weighted by atomic mass is 9.96. The van der Waals surface area contributed by atoms with E-state index >= 15 is 0 Å². The van der Waals surface area contributed by atoms with Gasteiger partial charge in [-0.25, -0.2) is 0 Å². The van der Waals surface area contributed by atoms with Gasteiger partial charge in [0.15, 0.2) is 0 Å². The van der Waals surface area contributed by atoms with Crippen molar-refractivity contribution in [3.05, 3.63) is 0 Å². The SMILES string of the molecule is CC(N)(CO)CCCCOC1CCC1. The zero-order chi connectivity index (χ0) is 10.4. The molecule has 1 aliphatic carbocycles. The van der Waals surface area contributed by atoms with E-state index in [1.54, 1.807) is 0 Å². The standard InChI is InChI=1S/C11H23NO2/c1-11(12,9-13)7-2-3-8-14-10-5-4-6-10/h10,13H,2-9,12H2,1H3. The van der Waals surface area contributed by atoms with Gasteiger partial charge in [0.2, 0.25) is 0 Å². The predicted octanol–water partition coefficient (Wildman–Crippen LogP) is 1.44. The van der Waals surface area contributed by atoms with Gasteiger partial charge in [0.05, 0.1) is 12.7 Å². The third-order valence-corrected chi connectivity index (χ3v) is 2.91. The first-order valence-electron chi connectivity index (χ1n) is 5.65. The second kappa shape index (κ2) is 5.69. The van der Waals surface area contributed by atoms with Crippen molar-refractivity contribution >= 4 is 0 Å². The summed E-state index contributed by atoms with van der Waals surface area (Å²) in [5.74, 6) is 0. The molecule has 0 aromatic heterocycles. The van der Waals surface area contributed by atoms with Crippen molar-refractivity contribution in [2.75, 3.05) is 13.2 Å². The third kappa shape index (κ3) is 4.40. The summed E-state index contributed by atoms with van der Waals surface area (Å²) in [6.07, 6.45) is 7.32. The fraction of sp³-hybridized carbons (Fsp3) is 1.00. The van der Waals surface area contributed by atoms with Crippen LogP contribution in [-0.4, -0.2) is 30.0 Å². The fourth-order valence-corrected chi connectivity index (χ4v) is 1.50. The smallest absolute Gasteiger partial charge is 0.0608 e. The number of rotatable bonds is 7. The molecule has 0 aliphatic heterocycles. The number of nitrogens with two attached hydrogens (primary N) is 1. The van der Waals surface area contributed by atoms with Gasteiger partial charge in [-0.05, 0) is 45.4 Å². The van der Waals surface area contributed by atoms with E-state index in [0.717, 1.165) is 25.9 Å². The van der Waals surface area contributed by atoms with Crippen molar-refractivity contribution in [1.29, 1.82) is 0 Å². The van der Waals surface area contributed by atoms with Crippen LogP contribution in [0.1, 0.15) is 45.4 Å². The molecule has 1 rings (SSSR count). The number of aliphatic hydroxyl groups excluding tert-OH is 1. The second-order valence-corrected chi connectivity index (χ2v) is 4.69. The van der Waals surface area contributed by atoms with E-state index in [2.05, 4.69) is 0 Å². The highest BCUT2D eigenvalue weighted by Gasteiger charge is 2.18. The Kier molecular flexibility index (Phi) is 4.85. The van der Waals surface area contributed by atoms with Gasteiger partial charge in [0.1, 0.15) is 0 Å². The molecule has 1 fully saturated rings. The molecule has 0 spiro atoms. The zero-order valence-electron chi connectivity index (χ0n) is 9.17. The summed E-state index contributed by atoms with van der Waals surface area (Å²) in [6.45, 7) is 2.81. The first-order valence-corrected chi connectivity index (χ1v) is 5.65. The van der Waals surface area contributed by atoms with E-state index in [1.165, 1.54) is 19.3 Å². The Balaban J connectivity index is 1.88. The molecule has 0 aromatic carbocycles. The highest BCUT2D eigenvalue weighted by atomic mass is 16.5. The zero-order valence-corrected chi connectivity index (χ0v) is 9.17. The Labute approximate surface area is 86.6 Å². The van der Waals surface area contributed by atoms with Crippen molar-refractivity contribution < 1.29 is 9.84 Å². The number of aliphatic hydroxyl groups is 1. The molecule has 1 unspecified atom stereocenters. The van der Waals surface area contributed by atoms with E-state index in [1.807, 2.05) is 6.92 Å². The number of unbranched alkanes of at least 4 members (excludes halogenated alkanes) is 1. The minimum Gasteiger partial charge on any atom is -0.394 e. The normalized spacial score (nSPS) is 21.6. The van der Waals surface area contributed by atoms with Gasteiger partial charge in [-0.2, -0.15) is 0 Å². The van der Waals surface area contributed by atoms with E-state index in [-0.39, 0.29) is 6.61 Å². The average molecular weight is 201 g/mol. The highest BCUT2D eigenvalue weighted by molar-refractivity contribution is 4.76. The molecule has 0 bridgehead atoms. The summed E-state index contributed by atoms with van der Waals surface area (Å²) < 4.78 is 5.62. The van der Waals surface area contributed by atoms with Gasteiger partial charge in [-0.15, -0.1) is 0 Å².